The molecule has 0 saturated heterocycles. The Morgan fingerprint density at radius 2 is 2.20 bits per heavy atom. The zero-order valence-corrected chi connectivity index (χ0v) is 9.45. The van der Waals surface area contributed by atoms with Crippen molar-refractivity contribution in [1.29, 1.82) is 0 Å². The van der Waals surface area contributed by atoms with Gasteiger partial charge < -0.3 is 11.5 Å². The lowest BCUT2D eigenvalue weighted by atomic mass is 10.3. The average molecular weight is 240 g/mol. The number of hydrogen-bond acceptors (Lipinski definition) is 6. The number of nitrogen functional groups attached to an aromatic ring is 1. The van der Waals surface area contributed by atoms with Crippen LogP contribution in [-0.4, -0.2) is 31.4 Å². The maximum Gasteiger partial charge on any atom is 0.191 e. The lowest BCUT2D eigenvalue weighted by Gasteiger charge is -1.99. The van der Waals surface area contributed by atoms with Crippen molar-refractivity contribution in [2.75, 3.05) is 12.0 Å². The maximum absolute atomic E-state index is 5.78. The molecule has 2 rings (SSSR count). The van der Waals surface area contributed by atoms with E-state index in [4.69, 9.17) is 23.7 Å². The first-order valence-corrected chi connectivity index (χ1v) is 5.62. The van der Waals surface area contributed by atoms with E-state index in [1.807, 2.05) is 6.26 Å². The molecule has 6 nitrogen and oxygen atoms in total. The third-order valence-electron chi connectivity index (χ3n) is 1.85. The van der Waals surface area contributed by atoms with Gasteiger partial charge in [-0.3, -0.25) is 5.10 Å². The number of hydrogen-bond donors (Lipinski definition) is 3. The van der Waals surface area contributed by atoms with Gasteiger partial charge in [-0.25, -0.2) is 9.97 Å². The zero-order valence-electron chi connectivity index (χ0n) is 7.81. The Hall–Kier alpha value is -1.41. The molecule has 0 radical (unpaired) electrons. The molecule has 0 fully saturated rings. The molecule has 0 atom stereocenters. The topological polar surface area (TPSA) is 106 Å². The van der Waals surface area contributed by atoms with Crippen molar-refractivity contribution in [2.24, 2.45) is 5.73 Å². The highest BCUT2D eigenvalue weighted by Gasteiger charge is 2.14. The van der Waals surface area contributed by atoms with E-state index in [-0.39, 0.29) is 4.99 Å². The summed E-state index contributed by atoms with van der Waals surface area (Å²) in [6.45, 7) is 0. The Labute approximate surface area is 94.8 Å². The van der Waals surface area contributed by atoms with E-state index in [2.05, 4.69) is 20.2 Å². The number of rotatable bonds is 2. The minimum atomic E-state index is 0.199. The fourth-order valence-electron chi connectivity index (χ4n) is 1.20. The van der Waals surface area contributed by atoms with Crippen LogP contribution < -0.4 is 11.5 Å². The molecule has 0 unspecified atom stereocenters. The highest BCUT2D eigenvalue weighted by Crippen LogP contribution is 2.22. The molecule has 5 N–H and O–H groups in total. The van der Waals surface area contributed by atoms with Crippen LogP contribution in [-0.2, 0) is 0 Å². The van der Waals surface area contributed by atoms with Gasteiger partial charge in [0.25, 0.3) is 0 Å². The molecule has 0 aromatic carbocycles. The molecule has 0 saturated carbocycles. The van der Waals surface area contributed by atoms with Gasteiger partial charge in [0.2, 0.25) is 0 Å². The van der Waals surface area contributed by atoms with Crippen LogP contribution in [0.25, 0.3) is 11.0 Å². The van der Waals surface area contributed by atoms with E-state index in [1.165, 1.54) is 11.8 Å². The van der Waals surface area contributed by atoms with Gasteiger partial charge >= 0.3 is 0 Å². The number of anilines is 1. The summed E-state index contributed by atoms with van der Waals surface area (Å²) in [5.74, 6) is 0.334. The van der Waals surface area contributed by atoms with Gasteiger partial charge in [0.15, 0.2) is 10.8 Å². The van der Waals surface area contributed by atoms with Gasteiger partial charge in [-0.05, 0) is 6.26 Å². The lowest BCUT2D eigenvalue weighted by molar-refractivity contribution is 0.990. The van der Waals surface area contributed by atoms with Crippen molar-refractivity contribution in [3.63, 3.8) is 0 Å². The highest BCUT2D eigenvalue weighted by atomic mass is 32.2. The van der Waals surface area contributed by atoms with Crippen molar-refractivity contribution >= 4 is 45.8 Å². The number of H-pyrrole nitrogens is 1. The fourth-order valence-corrected chi connectivity index (χ4v) is 1.72. The summed E-state index contributed by atoms with van der Waals surface area (Å²) in [5.41, 5.74) is 12.3. The first kappa shape index (κ1) is 10.1. The number of nitrogens with zero attached hydrogens (tertiary/aromatic N) is 3. The molecule has 0 aliphatic heterocycles. The third kappa shape index (κ3) is 1.61. The van der Waals surface area contributed by atoms with Crippen molar-refractivity contribution < 1.29 is 0 Å². The Kier molecular flexibility index (Phi) is 2.45. The molecule has 2 heterocycles. The standard InChI is InChI=1S/C7H8N6S2/c1-15-7-10-4(8)2-3(5(9)14)12-13-6(2)11-7/h1H3,(H2,9,14)(H3,8,10,11,12,13). The van der Waals surface area contributed by atoms with E-state index in [0.717, 1.165) is 0 Å². The van der Waals surface area contributed by atoms with E-state index in [9.17, 15) is 0 Å². The van der Waals surface area contributed by atoms with Gasteiger partial charge in [0.05, 0.1) is 5.39 Å². The van der Waals surface area contributed by atoms with Crippen molar-refractivity contribution in [1.82, 2.24) is 20.2 Å². The molecule has 2 aromatic rings. The highest BCUT2D eigenvalue weighted by molar-refractivity contribution is 7.98. The van der Waals surface area contributed by atoms with Crippen LogP contribution in [0.15, 0.2) is 5.16 Å². The van der Waals surface area contributed by atoms with Crippen LogP contribution >= 0.6 is 24.0 Å². The fraction of sp³-hybridized carbons (Fsp3) is 0.143. The molecular weight excluding hydrogens is 232 g/mol. The molecule has 0 aliphatic rings. The number of nitrogens with one attached hydrogen (secondary N) is 1. The number of thiocarbonyl (C=S) groups is 1. The summed E-state index contributed by atoms with van der Waals surface area (Å²) in [6, 6.07) is 0. The SMILES string of the molecule is CSc1nc(N)c2c(C(N)=S)[nH]nc2n1. The molecular formula is C7H8N6S2. The summed E-state index contributed by atoms with van der Waals surface area (Å²) >= 11 is 6.25. The summed E-state index contributed by atoms with van der Waals surface area (Å²) < 4.78 is 0. The van der Waals surface area contributed by atoms with E-state index in [0.29, 0.717) is 27.7 Å². The number of nitrogens with two attached hydrogens (primary N) is 2. The van der Waals surface area contributed by atoms with Crippen LogP contribution in [0.5, 0.6) is 0 Å². The van der Waals surface area contributed by atoms with Crippen molar-refractivity contribution in [2.45, 2.75) is 5.16 Å². The molecule has 78 valence electrons. The second-order valence-electron chi connectivity index (χ2n) is 2.76. The first-order chi connectivity index (χ1) is 7.13. The van der Waals surface area contributed by atoms with Crippen LogP contribution in [0.4, 0.5) is 5.82 Å². The first-order valence-electron chi connectivity index (χ1n) is 3.99. The van der Waals surface area contributed by atoms with Gasteiger partial charge in [0, 0.05) is 0 Å². The molecule has 0 amide bonds. The monoisotopic (exact) mass is 240 g/mol. The molecule has 15 heavy (non-hydrogen) atoms. The summed E-state index contributed by atoms with van der Waals surface area (Å²) in [5, 5.41) is 7.82. The molecule has 8 heteroatoms. The molecule has 2 aromatic heterocycles. The number of aromatic nitrogens is 4. The van der Waals surface area contributed by atoms with Gasteiger partial charge in [-0.15, -0.1) is 0 Å². The van der Waals surface area contributed by atoms with Gasteiger partial charge in [-0.1, -0.05) is 24.0 Å². The maximum atomic E-state index is 5.78. The number of thioether (sulfide) groups is 1. The van der Waals surface area contributed by atoms with Crippen LogP contribution in [0.2, 0.25) is 0 Å². The predicted molar refractivity (Wildman–Crippen MR) is 63.8 cm³/mol. The third-order valence-corrected chi connectivity index (χ3v) is 2.60. The van der Waals surface area contributed by atoms with Crippen LogP contribution in [0.3, 0.4) is 0 Å². The van der Waals surface area contributed by atoms with E-state index < -0.39 is 0 Å². The minimum Gasteiger partial charge on any atom is -0.388 e. The molecule has 0 spiro atoms. The lowest BCUT2D eigenvalue weighted by Crippen LogP contribution is -2.11. The Balaban J connectivity index is 2.77. The Morgan fingerprint density at radius 3 is 2.80 bits per heavy atom. The Bertz CT molecular complexity index is 534. The largest absolute Gasteiger partial charge is 0.388 e. The average Bonchev–Trinajstić information content (AvgIpc) is 2.61. The summed E-state index contributed by atoms with van der Waals surface area (Å²) in [4.78, 5) is 8.46. The summed E-state index contributed by atoms with van der Waals surface area (Å²) in [7, 11) is 0. The van der Waals surface area contributed by atoms with Gasteiger partial charge in [-0.2, -0.15) is 5.10 Å². The van der Waals surface area contributed by atoms with Crippen molar-refractivity contribution in [3.8, 4) is 0 Å². The van der Waals surface area contributed by atoms with Crippen LogP contribution in [0.1, 0.15) is 5.69 Å². The van der Waals surface area contributed by atoms with Crippen LogP contribution in [0, 0.1) is 0 Å². The molecule has 0 bridgehead atoms. The number of fused-ring (bicyclic) bond motifs is 1. The van der Waals surface area contributed by atoms with Crippen molar-refractivity contribution in [3.05, 3.63) is 5.69 Å². The second kappa shape index (κ2) is 3.63. The van der Waals surface area contributed by atoms with Gasteiger partial charge in [0.1, 0.15) is 16.5 Å². The summed E-state index contributed by atoms with van der Waals surface area (Å²) in [6.07, 6.45) is 1.86. The minimum absolute atomic E-state index is 0.199. The smallest absolute Gasteiger partial charge is 0.191 e. The predicted octanol–water partition coefficient (Wildman–Crippen LogP) is 0.291. The van der Waals surface area contributed by atoms with E-state index in [1.54, 1.807) is 0 Å². The molecule has 0 aliphatic carbocycles. The zero-order chi connectivity index (χ0) is 11.0. The quantitative estimate of drug-likeness (QED) is 0.393. The van der Waals surface area contributed by atoms with E-state index >= 15 is 0 Å². The normalized spacial score (nSPS) is 10.7. The number of aromatic amines is 1. The Morgan fingerprint density at radius 1 is 1.47 bits per heavy atom. The second-order valence-corrected chi connectivity index (χ2v) is 3.97.